The summed E-state index contributed by atoms with van der Waals surface area (Å²) in [5.41, 5.74) is 0.715. The molecule has 2 aromatic rings. The van der Waals surface area contributed by atoms with E-state index >= 15 is 0 Å². The molecule has 1 atom stereocenters. The van der Waals surface area contributed by atoms with Crippen LogP contribution in [0.15, 0.2) is 40.6 Å². The predicted octanol–water partition coefficient (Wildman–Crippen LogP) is 4.05. The van der Waals surface area contributed by atoms with E-state index in [0.717, 1.165) is 0 Å². The van der Waals surface area contributed by atoms with Gasteiger partial charge in [-0.1, -0.05) is 11.6 Å². The van der Waals surface area contributed by atoms with Crippen molar-refractivity contribution >= 4 is 34.7 Å². The van der Waals surface area contributed by atoms with Crippen molar-refractivity contribution in [1.82, 2.24) is 0 Å². The van der Waals surface area contributed by atoms with Gasteiger partial charge < -0.3 is 24.3 Å². The molecule has 1 amide bonds. The molecule has 2 rings (SSSR count). The molecular formula is C20H22ClN3O6. The van der Waals surface area contributed by atoms with Crippen LogP contribution in [0, 0.1) is 0 Å². The number of ether oxygens (including phenoxy) is 4. The molecule has 0 aliphatic rings. The van der Waals surface area contributed by atoms with E-state index < -0.39 is 17.7 Å². The first-order chi connectivity index (χ1) is 14.3. The van der Waals surface area contributed by atoms with Gasteiger partial charge in [-0.05, 0) is 19.1 Å². The zero-order valence-corrected chi connectivity index (χ0v) is 17.9. The predicted molar refractivity (Wildman–Crippen MR) is 112 cm³/mol. The second-order valence-corrected chi connectivity index (χ2v) is 6.33. The fraction of sp³-hybridized carbons (Fsp3) is 0.300. The van der Waals surface area contributed by atoms with E-state index in [9.17, 15) is 9.59 Å². The van der Waals surface area contributed by atoms with Crippen LogP contribution in [0.25, 0.3) is 0 Å². The highest BCUT2D eigenvalue weighted by Gasteiger charge is 2.24. The first-order valence-electron chi connectivity index (χ1n) is 8.70. The Balaban J connectivity index is 2.25. The number of Topliss-reactive ketones (excluding diaryl/α,β-unsaturated/α-hetero) is 1. The number of benzene rings is 2. The molecule has 30 heavy (non-hydrogen) atoms. The number of azo groups is 1. The zero-order valence-electron chi connectivity index (χ0n) is 17.2. The molecule has 1 unspecified atom stereocenters. The number of methoxy groups -OCH3 is 4. The van der Waals surface area contributed by atoms with E-state index in [1.807, 2.05) is 0 Å². The monoisotopic (exact) mass is 435 g/mol. The normalized spacial score (nSPS) is 11.7. The highest BCUT2D eigenvalue weighted by Crippen LogP contribution is 2.37. The molecule has 0 saturated carbocycles. The van der Waals surface area contributed by atoms with Gasteiger partial charge in [0.05, 0.1) is 34.1 Å². The summed E-state index contributed by atoms with van der Waals surface area (Å²) in [5, 5.41) is 10.8. The molecule has 2 aromatic carbocycles. The Morgan fingerprint density at radius 2 is 1.47 bits per heavy atom. The first kappa shape index (κ1) is 23.0. The molecule has 9 nitrogen and oxygen atoms in total. The maximum Gasteiger partial charge on any atom is 0.258 e. The summed E-state index contributed by atoms with van der Waals surface area (Å²) in [6.07, 6.45) is 0. The lowest BCUT2D eigenvalue weighted by molar-refractivity contribution is -0.126. The summed E-state index contributed by atoms with van der Waals surface area (Å²) < 4.78 is 20.7. The number of halogens is 1. The summed E-state index contributed by atoms with van der Waals surface area (Å²) >= 11 is 6.12. The fourth-order valence-electron chi connectivity index (χ4n) is 2.48. The number of hydrogen-bond donors (Lipinski definition) is 1. The minimum absolute atomic E-state index is 0.259. The van der Waals surface area contributed by atoms with Gasteiger partial charge in [-0.3, -0.25) is 9.59 Å². The minimum atomic E-state index is -1.36. The molecule has 0 spiro atoms. The third kappa shape index (κ3) is 5.38. The van der Waals surface area contributed by atoms with Crippen LogP contribution in [0.5, 0.6) is 23.0 Å². The van der Waals surface area contributed by atoms with Crippen molar-refractivity contribution in [3.8, 4) is 23.0 Å². The molecule has 1 N–H and O–H groups in total. The quantitative estimate of drug-likeness (QED) is 0.470. The van der Waals surface area contributed by atoms with Crippen molar-refractivity contribution in [2.75, 3.05) is 33.8 Å². The number of amides is 1. The van der Waals surface area contributed by atoms with Crippen LogP contribution >= 0.6 is 11.6 Å². The fourth-order valence-corrected chi connectivity index (χ4v) is 2.75. The van der Waals surface area contributed by atoms with Gasteiger partial charge in [-0.25, -0.2) is 0 Å². The van der Waals surface area contributed by atoms with E-state index in [4.69, 9.17) is 30.5 Å². The highest BCUT2D eigenvalue weighted by atomic mass is 35.5. The van der Waals surface area contributed by atoms with E-state index in [2.05, 4.69) is 15.5 Å². The van der Waals surface area contributed by atoms with Gasteiger partial charge in [0.25, 0.3) is 5.91 Å². The Bertz CT molecular complexity index is 939. The topological polar surface area (TPSA) is 108 Å². The van der Waals surface area contributed by atoms with Crippen molar-refractivity contribution in [3.05, 3.63) is 35.4 Å². The summed E-state index contributed by atoms with van der Waals surface area (Å²) in [7, 11) is 5.86. The van der Waals surface area contributed by atoms with Crippen molar-refractivity contribution in [2.24, 2.45) is 10.2 Å². The van der Waals surface area contributed by atoms with Crippen molar-refractivity contribution < 1.29 is 28.5 Å². The Morgan fingerprint density at radius 1 is 0.900 bits per heavy atom. The molecule has 0 fully saturated rings. The minimum Gasteiger partial charge on any atom is -0.495 e. The highest BCUT2D eigenvalue weighted by molar-refractivity contribution is 6.33. The molecule has 0 saturated heterocycles. The molecule has 10 heteroatoms. The number of carbonyl (C=O) groups is 2. The molecule has 0 aliphatic heterocycles. The van der Waals surface area contributed by atoms with Crippen molar-refractivity contribution in [3.63, 3.8) is 0 Å². The third-order valence-electron chi connectivity index (χ3n) is 4.00. The molecule has 0 heterocycles. The van der Waals surface area contributed by atoms with Crippen molar-refractivity contribution in [2.45, 2.75) is 13.0 Å². The number of hydrogen-bond acceptors (Lipinski definition) is 8. The second-order valence-electron chi connectivity index (χ2n) is 5.95. The van der Waals surface area contributed by atoms with E-state index in [1.54, 1.807) is 18.2 Å². The lowest BCUT2D eigenvalue weighted by Gasteiger charge is -2.13. The third-order valence-corrected chi connectivity index (χ3v) is 4.37. The number of rotatable bonds is 9. The Kier molecular flexibility index (Phi) is 7.99. The van der Waals surface area contributed by atoms with Crippen LogP contribution in [-0.2, 0) is 9.59 Å². The standard InChI is InChI=1S/C20H22ClN3O6/c1-11(25)19(24-23-12-6-7-14(27-2)15(8-12)28-3)20(26)22-13-9-16(29-4)18(21)17(10-13)30-5/h6-10,19H,1-5H3,(H,22,26). The van der Waals surface area contributed by atoms with Gasteiger partial charge in [-0.2, -0.15) is 10.2 Å². The smallest absolute Gasteiger partial charge is 0.258 e. The average Bonchev–Trinajstić information content (AvgIpc) is 2.74. The molecule has 0 aromatic heterocycles. The van der Waals surface area contributed by atoms with Crippen LogP contribution < -0.4 is 24.3 Å². The maximum absolute atomic E-state index is 12.6. The molecule has 0 radical (unpaired) electrons. The van der Waals surface area contributed by atoms with Gasteiger partial charge in [0.1, 0.15) is 16.5 Å². The SMILES string of the molecule is COc1ccc(N=NC(C(C)=O)C(=O)Nc2cc(OC)c(Cl)c(OC)c2)cc1OC. The molecular weight excluding hydrogens is 414 g/mol. The molecule has 160 valence electrons. The lowest BCUT2D eigenvalue weighted by Crippen LogP contribution is -2.31. The lowest BCUT2D eigenvalue weighted by atomic mass is 10.2. The van der Waals surface area contributed by atoms with Crippen molar-refractivity contribution in [1.29, 1.82) is 0 Å². The van der Waals surface area contributed by atoms with Gasteiger partial charge in [0, 0.05) is 23.9 Å². The van der Waals surface area contributed by atoms with Gasteiger partial charge in [-0.15, -0.1) is 0 Å². The largest absolute Gasteiger partial charge is 0.495 e. The maximum atomic E-state index is 12.6. The van der Waals surface area contributed by atoms with Gasteiger partial charge in [0.2, 0.25) is 6.04 Å². The average molecular weight is 436 g/mol. The Hall–Kier alpha value is -3.33. The van der Waals surface area contributed by atoms with Gasteiger partial charge >= 0.3 is 0 Å². The number of carbonyl (C=O) groups excluding carboxylic acids is 2. The first-order valence-corrected chi connectivity index (χ1v) is 9.08. The van der Waals surface area contributed by atoms with Crippen LogP contribution in [0.3, 0.4) is 0 Å². The van der Waals surface area contributed by atoms with Crippen LogP contribution in [0.4, 0.5) is 11.4 Å². The second kappa shape index (κ2) is 10.4. The summed E-state index contributed by atoms with van der Waals surface area (Å²) in [6, 6.07) is 6.49. The summed E-state index contributed by atoms with van der Waals surface area (Å²) in [6.45, 7) is 1.25. The van der Waals surface area contributed by atoms with Crippen LogP contribution in [0.2, 0.25) is 5.02 Å². The zero-order chi connectivity index (χ0) is 22.3. The Morgan fingerprint density at radius 3 is 1.97 bits per heavy atom. The van der Waals surface area contributed by atoms with Crippen LogP contribution in [0.1, 0.15) is 6.92 Å². The summed E-state index contributed by atoms with van der Waals surface area (Å²) in [5.74, 6) is 0.416. The van der Waals surface area contributed by atoms with Gasteiger partial charge in [0.15, 0.2) is 17.3 Å². The summed E-state index contributed by atoms with van der Waals surface area (Å²) in [4.78, 5) is 24.6. The van der Waals surface area contributed by atoms with E-state index in [0.29, 0.717) is 34.4 Å². The number of anilines is 1. The van der Waals surface area contributed by atoms with E-state index in [-0.39, 0.29) is 5.02 Å². The number of nitrogens with zero attached hydrogens (tertiary/aromatic N) is 2. The number of nitrogens with one attached hydrogen (secondary N) is 1. The number of ketones is 1. The Labute approximate surface area is 178 Å². The molecule has 0 aliphatic carbocycles. The molecule has 0 bridgehead atoms. The van der Waals surface area contributed by atoms with E-state index in [1.165, 1.54) is 47.5 Å². The van der Waals surface area contributed by atoms with Crippen LogP contribution in [-0.4, -0.2) is 46.2 Å².